The Bertz CT molecular complexity index is 1010. The average molecular weight is 437 g/mol. The van der Waals surface area contributed by atoms with Crippen molar-refractivity contribution in [1.82, 2.24) is 14.3 Å². The van der Waals surface area contributed by atoms with Crippen LogP contribution in [0, 0.1) is 0 Å². The molecule has 2 heterocycles. The van der Waals surface area contributed by atoms with E-state index < -0.39 is 17.6 Å². The molecule has 0 saturated heterocycles. The van der Waals surface area contributed by atoms with E-state index in [0.717, 1.165) is 41.5 Å². The maximum atomic E-state index is 12.6. The Hall–Kier alpha value is -3.05. The molecule has 1 amide bonds. The molecule has 0 fully saturated rings. The zero-order valence-corrected chi connectivity index (χ0v) is 16.9. The standard InChI is InChI=1S/C19H18F3N5O2S/c1-27(9-10-29-2)14-7-8-23-15(11-14)16-24-18(30-26-16)25-17(28)12-3-5-13(6-4-12)19(20,21)22/h3-8,11H,9-10H2,1-2H3,(H,24,25,26,28). The molecule has 30 heavy (non-hydrogen) atoms. The number of alkyl halides is 3. The van der Waals surface area contributed by atoms with Crippen LogP contribution in [-0.4, -0.2) is 47.6 Å². The Morgan fingerprint density at radius 1 is 1.23 bits per heavy atom. The Morgan fingerprint density at radius 2 is 1.97 bits per heavy atom. The van der Waals surface area contributed by atoms with E-state index in [2.05, 4.69) is 19.7 Å². The van der Waals surface area contributed by atoms with Crippen LogP contribution in [0.5, 0.6) is 0 Å². The van der Waals surface area contributed by atoms with E-state index in [4.69, 9.17) is 4.74 Å². The predicted molar refractivity (Wildman–Crippen MR) is 108 cm³/mol. The van der Waals surface area contributed by atoms with E-state index in [0.29, 0.717) is 24.7 Å². The van der Waals surface area contributed by atoms with Crippen LogP contribution in [0.15, 0.2) is 42.6 Å². The molecule has 1 N–H and O–H groups in total. The number of anilines is 2. The van der Waals surface area contributed by atoms with E-state index in [1.54, 1.807) is 13.3 Å². The van der Waals surface area contributed by atoms with Crippen molar-refractivity contribution in [1.29, 1.82) is 0 Å². The van der Waals surface area contributed by atoms with Crippen LogP contribution in [0.4, 0.5) is 24.0 Å². The molecule has 0 atom stereocenters. The second-order valence-corrected chi connectivity index (χ2v) is 7.02. The van der Waals surface area contributed by atoms with Crippen LogP contribution >= 0.6 is 11.5 Å². The van der Waals surface area contributed by atoms with Crippen LogP contribution in [-0.2, 0) is 10.9 Å². The third-order valence-electron chi connectivity index (χ3n) is 4.17. The fourth-order valence-electron chi connectivity index (χ4n) is 2.49. The number of nitrogens with zero attached hydrogens (tertiary/aromatic N) is 4. The number of ether oxygens (including phenoxy) is 1. The number of halogens is 3. The number of pyridine rings is 1. The maximum absolute atomic E-state index is 12.6. The van der Waals surface area contributed by atoms with Crippen molar-refractivity contribution in [3.8, 4) is 11.5 Å². The van der Waals surface area contributed by atoms with Gasteiger partial charge in [0.2, 0.25) is 5.13 Å². The van der Waals surface area contributed by atoms with Gasteiger partial charge >= 0.3 is 6.18 Å². The number of hydrogen-bond acceptors (Lipinski definition) is 7. The Kier molecular flexibility index (Phi) is 6.63. The molecule has 11 heteroatoms. The summed E-state index contributed by atoms with van der Waals surface area (Å²) in [6.45, 7) is 1.27. The first-order valence-electron chi connectivity index (χ1n) is 8.77. The zero-order chi connectivity index (χ0) is 21.7. The average Bonchev–Trinajstić information content (AvgIpc) is 3.20. The third-order valence-corrected chi connectivity index (χ3v) is 4.80. The van der Waals surface area contributed by atoms with Crippen molar-refractivity contribution >= 4 is 28.3 Å². The van der Waals surface area contributed by atoms with Gasteiger partial charge in [0.25, 0.3) is 5.91 Å². The second-order valence-electron chi connectivity index (χ2n) is 6.27. The molecule has 0 spiro atoms. The largest absolute Gasteiger partial charge is 0.416 e. The number of carbonyl (C=O) groups is 1. The van der Waals surface area contributed by atoms with Crippen LogP contribution < -0.4 is 10.2 Å². The summed E-state index contributed by atoms with van der Waals surface area (Å²) in [5.41, 5.74) is 0.698. The minimum atomic E-state index is -4.46. The van der Waals surface area contributed by atoms with Crippen molar-refractivity contribution in [3.63, 3.8) is 0 Å². The zero-order valence-electron chi connectivity index (χ0n) is 16.1. The number of amides is 1. The molecule has 2 aromatic heterocycles. The van der Waals surface area contributed by atoms with Gasteiger partial charge in [-0.15, -0.1) is 0 Å². The van der Waals surface area contributed by atoms with Crippen molar-refractivity contribution < 1.29 is 22.7 Å². The summed E-state index contributed by atoms with van der Waals surface area (Å²) in [6, 6.07) is 7.60. The Labute approximate surface area is 174 Å². The number of methoxy groups -OCH3 is 1. The number of aromatic nitrogens is 3. The van der Waals surface area contributed by atoms with E-state index >= 15 is 0 Å². The number of rotatable bonds is 7. The number of hydrogen-bond donors (Lipinski definition) is 1. The predicted octanol–water partition coefficient (Wildman–Crippen LogP) is 3.95. The van der Waals surface area contributed by atoms with E-state index in [9.17, 15) is 18.0 Å². The van der Waals surface area contributed by atoms with Gasteiger partial charge in [0.1, 0.15) is 5.69 Å². The lowest BCUT2D eigenvalue weighted by Crippen LogP contribution is -2.22. The summed E-state index contributed by atoms with van der Waals surface area (Å²) in [5.74, 6) is -0.239. The minimum absolute atomic E-state index is 0.0830. The van der Waals surface area contributed by atoms with E-state index in [1.165, 1.54) is 0 Å². The monoisotopic (exact) mass is 437 g/mol. The van der Waals surface area contributed by atoms with Crippen LogP contribution in [0.25, 0.3) is 11.5 Å². The number of carbonyl (C=O) groups excluding carboxylic acids is 1. The van der Waals surface area contributed by atoms with E-state index in [-0.39, 0.29) is 10.7 Å². The molecule has 0 saturated carbocycles. The van der Waals surface area contributed by atoms with Crippen LogP contribution in [0.1, 0.15) is 15.9 Å². The lowest BCUT2D eigenvalue weighted by molar-refractivity contribution is -0.137. The van der Waals surface area contributed by atoms with Crippen molar-refractivity contribution in [2.24, 2.45) is 0 Å². The summed E-state index contributed by atoms with van der Waals surface area (Å²) in [6.07, 6.45) is -2.82. The number of nitrogens with one attached hydrogen (secondary N) is 1. The molecule has 7 nitrogen and oxygen atoms in total. The van der Waals surface area contributed by atoms with Gasteiger partial charge < -0.3 is 9.64 Å². The van der Waals surface area contributed by atoms with Gasteiger partial charge in [-0.1, -0.05) is 0 Å². The third kappa shape index (κ3) is 5.30. The fraction of sp³-hybridized carbons (Fsp3) is 0.263. The maximum Gasteiger partial charge on any atom is 0.416 e. The normalized spacial score (nSPS) is 11.4. The SMILES string of the molecule is COCCN(C)c1ccnc(-c2nsc(NC(=O)c3ccc(C(F)(F)F)cc3)n2)c1. The van der Waals surface area contributed by atoms with Gasteiger partial charge in [0, 0.05) is 49.7 Å². The lowest BCUT2D eigenvalue weighted by Gasteiger charge is -2.18. The van der Waals surface area contributed by atoms with Crippen LogP contribution in [0.3, 0.4) is 0 Å². The Balaban J connectivity index is 1.70. The topological polar surface area (TPSA) is 80.2 Å². The molecule has 0 aliphatic rings. The first kappa shape index (κ1) is 21.7. The van der Waals surface area contributed by atoms with Crippen molar-refractivity contribution in [2.75, 3.05) is 37.5 Å². The van der Waals surface area contributed by atoms with Crippen molar-refractivity contribution in [3.05, 3.63) is 53.7 Å². The molecular formula is C19H18F3N5O2S. The molecule has 3 rings (SSSR count). The molecular weight excluding hydrogens is 419 g/mol. The summed E-state index contributed by atoms with van der Waals surface area (Å²) in [5, 5.41) is 2.76. The molecule has 0 radical (unpaired) electrons. The highest BCUT2D eigenvalue weighted by molar-refractivity contribution is 7.10. The molecule has 1 aromatic carbocycles. The Morgan fingerprint density at radius 3 is 2.63 bits per heavy atom. The second kappa shape index (κ2) is 9.18. The summed E-state index contributed by atoms with van der Waals surface area (Å²) in [4.78, 5) is 22.8. The molecule has 0 unspecified atom stereocenters. The molecule has 158 valence electrons. The summed E-state index contributed by atoms with van der Waals surface area (Å²) >= 11 is 0.956. The van der Waals surface area contributed by atoms with Gasteiger partial charge in [-0.3, -0.25) is 15.1 Å². The minimum Gasteiger partial charge on any atom is -0.383 e. The first-order valence-corrected chi connectivity index (χ1v) is 9.54. The fourth-order valence-corrected chi connectivity index (χ4v) is 3.07. The highest BCUT2D eigenvalue weighted by Gasteiger charge is 2.30. The summed E-state index contributed by atoms with van der Waals surface area (Å²) < 4.78 is 47.2. The molecule has 0 aliphatic carbocycles. The van der Waals surface area contributed by atoms with Gasteiger partial charge in [-0.2, -0.15) is 22.5 Å². The highest BCUT2D eigenvalue weighted by Crippen LogP contribution is 2.29. The van der Waals surface area contributed by atoms with Gasteiger partial charge in [-0.05, 0) is 36.4 Å². The lowest BCUT2D eigenvalue weighted by atomic mass is 10.1. The highest BCUT2D eigenvalue weighted by atomic mass is 32.1. The quantitative estimate of drug-likeness (QED) is 0.603. The van der Waals surface area contributed by atoms with E-state index in [1.807, 2.05) is 24.1 Å². The first-order chi connectivity index (χ1) is 14.3. The van der Waals surface area contributed by atoms with Gasteiger partial charge in [0.05, 0.1) is 12.2 Å². The number of benzene rings is 1. The number of likely N-dealkylation sites (N-methyl/N-ethyl adjacent to an activating group) is 1. The van der Waals surface area contributed by atoms with Crippen molar-refractivity contribution in [2.45, 2.75) is 6.18 Å². The smallest absolute Gasteiger partial charge is 0.383 e. The van der Waals surface area contributed by atoms with Gasteiger partial charge in [0.15, 0.2) is 5.82 Å². The molecule has 3 aromatic rings. The summed E-state index contributed by atoms with van der Waals surface area (Å²) in [7, 11) is 3.55. The van der Waals surface area contributed by atoms with Gasteiger partial charge in [-0.25, -0.2) is 0 Å². The van der Waals surface area contributed by atoms with Crippen LogP contribution in [0.2, 0.25) is 0 Å². The molecule has 0 aliphatic heterocycles. The molecule has 0 bridgehead atoms.